The fourth-order valence-electron chi connectivity index (χ4n) is 1.56. The lowest BCUT2D eigenvalue weighted by Crippen LogP contribution is -2.12. The van der Waals surface area contributed by atoms with Crippen LogP contribution in [-0.2, 0) is 20.1 Å². The summed E-state index contributed by atoms with van der Waals surface area (Å²) in [6.45, 7) is 1.31. The molecule has 0 fully saturated rings. The highest BCUT2D eigenvalue weighted by Gasteiger charge is 2.01. The summed E-state index contributed by atoms with van der Waals surface area (Å²) in [6.07, 6.45) is 3.74. The third kappa shape index (κ3) is 3.28. The SMILES string of the molecule is Cn1cc(CNCc2ccc(Cl)c(F)c2)cn1. The van der Waals surface area contributed by atoms with Crippen molar-refractivity contribution in [2.45, 2.75) is 13.1 Å². The summed E-state index contributed by atoms with van der Waals surface area (Å²) in [5.74, 6) is -0.382. The molecule has 5 heteroatoms. The van der Waals surface area contributed by atoms with Gasteiger partial charge in [0.2, 0.25) is 0 Å². The Kier molecular flexibility index (Phi) is 3.76. The average molecular weight is 254 g/mol. The van der Waals surface area contributed by atoms with Crippen molar-refractivity contribution < 1.29 is 4.39 Å². The van der Waals surface area contributed by atoms with Crippen molar-refractivity contribution in [2.24, 2.45) is 7.05 Å². The summed E-state index contributed by atoms with van der Waals surface area (Å²) < 4.78 is 14.9. The number of aromatic nitrogens is 2. The summed E-state index contributed by atoms with van der Waals surface area (Å²) in [7, 11) is 1.87. The summed E-state index contributed by atoms with van der Waals surface area (Å²) in [5.41, 5.74) is 1.97. The second-order valence-corrected chi connectivity index (χ2v) is 4.28. The number of hydrogen-bond donors (Lipinski definition) is 1. The van der Waals surface area contributed by atoms with Crippen LogP contribution in [0.4, 0.5) is 4.39 Å². The van der Waals surface area contributed by atoms with Crippen LogP contribution in [0.25, 0.3) is 0 Å². The minimum Gasteiger partial charge on any atom is -0.309 e. The molecule has 0 spiro atoms. The zero-order valence-electron chi connectivity index (χ0n) is 9.45. The molecule has 0 saturated heterocycles. The van der Waals surface area contributed by atoms with Gasteiger partial charge in [-0.25, -0.2) is 4.39 Å². The van der Waals surface area contributed by atoms with E-state index in [0.717, 1.165) is 11.1 Å². The molecule has 17 heavy (non-hydrogen) atoms. The first-order chi connectivity index (χ1) is 8.15. The molecule has 0 aliphatic heterocycles. The minimum absolute atomic E-state index is 0.154. The van der Waals surface area contributed by atoms with Crippen molar-refractivity contribution in [1.82, 2.24) is 15.1 Å². The van der Waals surface area contributed by atoms with Crippen molar-refractivity contribution in [2.75, 3.05) is 0 Å². The molecule has 0 saturated carbocycles. The monoisotopic (exact) mass is 253 g/mol. The van der Waals surface area contributed by atoms with Crippen LogP contribution in [-0.4, -0.2) is 9.78 Å². The van der Waals surface area contributed by atoms with Crippen molar-refractivity contribution in [1.29, 1.82) is 0 Å². The van der Waals surface area contributed by atoms with Gasteiger partial charge < -0.3 is 5.32 Å². The highest BCUT2D eigenvalue weighted by molar-refractivity contribution is 6.30. The number of nitrogens with zero attached hydrogens (tertiary/aromatic N) is 2. The van der Waals surface area contributed by atoms with E-state index in [1.54, 1.807) is 16.9 Å². The first kappa shape index (κ1) is 12.1. The summed E-state index contributed by atoms with van der Waals surface area (Å²) in [5, 5.41) is 7.44. The Morgan fingerprint density at radius 2 is 2.12 bits per heavy atom. The molecular formula is C12H13ClFN3. The van der Waals surface area contributed by atoms with Crippen LogP contribution in [0.15, 0.2) is 30.6 Å². The van der Waals surface area contributed by atoms with Crippen molar-refractivity contribution in [3.8, 4) is 0 Å². The first-order valence-corrected chi connectivity index (χ1v) is 5.65. The van der Waals surface area contributed by atoms with Crippen LogP contribution in [0.3, 0.4) is 0 Å². The number of hydrogen-bond acceptors (Lipinski definition) is 2. The third-order valence-corrected chi connectivity index (χ3v) is 2.71. The maximum Gasteiger partial charge on any atom is 0.142 e. The van der Waals surface area contributed by atoms with E-state index in [0.29, 0.717) is 13.1 Å². The smallest absolute Gasteiger partial charge is 0.142 e. The van der Waals surface area contributed by atoms with Gasteiger partial charge in [0, 0.05) is 31.9 Å². The van der Waals surface area contributed by atoms with Crippen LogP contribution < -0.4 is 5.32 Å². The number of rotatable bonds is 4. The topological polar surface area (TPSA) is 29.9 Å². The van der Waals surface area contributed by atoms with E-state index in [1.165, 1.54) is 6.07 Å². The highest BCUT2D eigenvalue weighted by atomic mass is 35.5. The molecule has 1 aromatic heterocycles. The van der Waals surface area contributed by atoms with Gasteiger partial charge in [-0.05, 0) is 17.7 Å². The third-order valence-electron chi connectivity index (χ3n) is 2.40. The van der Waals surface area contributed by atoms with E-state index in [-0.39, 0.29) is 10.8 Å². The number of nitrogens with one attached hydrogen (secondary N) is 1. The second kappa shape index (κ2) is 5.29. The largest absolute Gasteiger partial charge is 0.309 e. The molecule has 0 amide bonds. The van der Waals surface area contributed by atoms with Crippen LogP contribution in [0, 0.1) is 5.82 Å². The molecule has 2 aromatic rings. The summed E-state index contributed by atoms with van der Waals surface area (Å²) in [4.78, 5) is 0. The van der Waals surface area contributed by atoms with E-state index >= 15 is 0 Å². The predicted molar refractivity (Wildman–Crippen MR) is 65.2 cm³/mol. The van der Waals surface area contributed by atoms with Gasteiger partial charge in [-0.3, -0.25) is 4.68 Å². The van der Waals surface area contributed by atoms with Gasteiger partial charge in [0.05, 0.1) is 11.2 Å². The van der Waals surface area contributed by atoms with Gasteiger partial charge >= 0.3 is 0 Å². The highest BCUT2D eigenvalue weighted by Crippen LogP contribution is 2.15. The van der Waals surface area contributed by atoms with Gasteiger partial charge in [-0.1, -0.05) is 17.7 Å². The molecule has 2 rings (SSSR count). The normalized spacial score (nSPS) is 10.8. The molecule has 1 N–H and O–H groups in total. The van der Waals surface area contributed by atoms with Crippen molar-refractivity contribution in [3.05, 3.63) is 52.6 Å². The predicted octanol–water partition coefficient (Wildman–Crippen LogP) is 2.50. The Labute approximate surface area is 104 Å². The molecule has 0 unspecified atom stereocenters. The molecule has 3 nitrogen and oxygen atoms in total. The Morgan fingerprint density at radius 3 is 2.76 bits per heavy atom. The van der Waals surface area contributed by atoms with Gasteiger partial charge in [-0.2, -0.15) is 5.10 Å². The van der Waals surface area contributed by atoms with Gasteiger partial charge in [0.25, 0.3) is 0 Å². The molecule has 0 aliphatic rings. The Balaban J connectivity index is 1.87. The summed E-state index contributed by atoms with van der Waals surface area (Å²) in [6, 6.07) is 4.82. The first-order valence-electron chi connectivity index (χ1n) is 5.27. The van der Waals surface area contributed by atoms with E-state index < -0.39 is 0 Å². The van der Waals surface area contributed by atoms with E-state index in [1.807, 2.05) is 19.3 Å². The van der Waals surface area contributed by atoms with Gasteiger partial charge in [-0.15, -0.1) is 0 Å². The molecule has 1 heterocycles. The molecule has 0 bridgehead atoms. The molecule has 90 valence electrons. The van der Waals surface area contributed by atoms with Crippen LogP contribution in [0.5, 0.6) is 0 Å². The van der Waals surface area contributed by atoms with Gasteiger partial charge in [0.1, 0.15) is 5.82 Å². The quantitative estimate of drug-likeness (QED) is 0.907. The number of aryl methyl sites for hydroxylation is 1. The van der Waals surface area contributed by atoms with E-state index in [4.69, 9.17) is 11.6 Å². The average Bonchev–Trinajstić information content (AvgIpc) is 2.70. The van der Waals surface area contributed by atoms with Crippen LogP contribution in [0.2, 0.25) is 5.02 Å². The van der Waals surface area contributed by atoms with Crippen LogP contribution >= 0.6 is 11.6 Å². The molecule has 1 aromatic carbocycles. The Bertz CT molecular complexity index is 510. The Morgan fingerprint density at radius 1 is 1.35 bits per heavy atom. The maximum absolute atomic E-state index is 13.2. The van der Waals surface area contributed by atoms with Crippen molar-refractivity contribution in [3.63, 3.8) is 0 Å². The zero-order valence-corrected chi connectivity index (χ0v) is 10.2. The molecular weight excluding hydrogens is 241 g/mol. The van der Waals surface area contributed by atoms with Gasteiger partial charge in [0.15, 0.2) is 0 Å². The lowest BCUT2D eigenvalue weighted by atomic mass is 10.2. The maximum atomic E-state index is 13.2. The molecule has 0 radical (unpaired) electrons. The molecule has 0 aliphatic carbocycles. The second-order valence-electron chi connectivity index (χ2n) is 3.87. The lowest BCUT2D eigenvalue weighted by molar-refractivity contribution is 0.620. The summed E-state index contributed by atoms with van der Waals surface area (Å²) >= 11 is 5.61. The zero-order chi connectivity index (χ0) is 12.3. The molecule has 0 atom stereocenters. The fraction of sp³-hybridized carbons (Fsp3) is 0.250. The number of halogens is 2. The number of benzene rings is 1. The fourth-order valence-corrected chi connectivity index (χ4v) is 1.68. The van der Waals surface area contributed by atoms with E-state index in [2.05, 4.69) is 10.4 Å². The Hall–Kier alpha value is -1.39. The van der Waals surface area contributed by atoms with Crippen LogP contribution in [0.1, 0.15) is 11.1 Å². The van der Waals surface area contributed by atoms with Crippen molar-refractivity contribution >= 4 is 11.6 Å². The minimum atomic E-state index is -0.382. The standard InChI is InChI=1S/C12H13ClFN3/c1-17-8-10(7-16-17)6-15-5-9-2-3-11(13)12(14)4-9/h2-4,7-8,15H,5-6H2,1H3. The lowest BCUT2D eigenvalue weighted by Gasteiger charge is -2.04. The van der Waals surface area contributed by atoms with E-state index in [9.17, 15) is 4.39 Å².